The Kier molecular flexibility index (Phi) is 16.6. The number of ether oxygens (including phenoxy) is 1. The molecule has 0 unspecified atom stereocenters. The molecule has 0 amide bonds. The zero-order valence-corrected chi connectivity index (χ0v) is 68.2. The lowest BCUT2D eigenvalue weighted by Gasteiger charge is -2.42. The number of hydrogen-bond acceptors (Lipinski definition) is 9. The lowest BCUT2D eigenvalue weighted by atomic mass is 9.24. The van der Waals surface area contributed by atoms with Crippen LogP contribution < -0.4 is 90.7 Å². The monoisotopic (exact) mass is 1580 g/mol. The summed E-state index contributed by atoms with van der Waals surface area (Å²) in [6.45, 7) is 8.56. The third kappa shape index (κ3) is 11.3. The van der Waals surface area contributed by atoms with Crippen LogP contribution in [0.25, 0.3) is 43.9 Å². The summed E-state index contributed by atoms with van der Waals surface area (Å²) in [6.07, 6.45) is 0. The van der Waals surface area contributed by atoms with Crippen LogP contribution in [0.5, 0.6) is 11.5 Å². The molecule has 580 valence electrons. The molecular formula is C110H78B4N4O5. The van der Waals surface area contributed by atoms with E-state index in [-0.39, 0.29) is 37.7 Å². The Morgan fingerprint density at radius 1 is 0.220 bits per heavy atom. The van der Waals surface area contributed by atoms with Crippen molar-refractivity contribution >= 4 is 205 Å². The molecule has 0 N–H and O–H groups in total. The van der Waals surface area contributed by atoms with E-state index in [2.05, 4.69) is 423 Å². The predicted octanol–water partition coefficient (Wildman–Crippen LogP) is 20.3. The Labute approximate surface area is 715 Å². The maximum atomic E-state index is 7.07. The first-order valence-corrected chi connectivity index (χ1v) is 42.6. The number of furan rings is 4. The number of anilines is 12. The summed E-state index contributed by atoms with van der Waals surface area (Å²) in [4.78, 5) is 9.42. The van der Waals surface area contributed by atoms with Gasteiger partial charge in [-0.05, 0) is 190 Å². The van der Waals surface area contributed by atoms with Crippen molar-refractivity contribution in [3.8, 4) is 11.5 Å². The number of nitrogens with zero attached hydrogens (tertiary/aromatic N) is 4. The average Bonchev–Trinajstić information content (AvgIpc) is 1.54. The summed E-state index contributed by atoms with van der Waals surface area (Å²) in [5, 5.41) is 4.43. The van der Waals surface area contributed by atoms with Crippen molar-refractivity contribution in [1.82, 2.24) is 0 Å². The SMILES string of the molecule is CC1(C)c2ccccc2N(c2ccc(B3c4oc5ccccc5c4B(c4ccc(N(c5ccccc5)c5ccccc5)cc4)c4oc5ccccc5c43)cc2)c2ccccc21.CC1(C)c2ccccc2N(c2ccc(B3c4oc5ccccc5c4B(c4ccc(N5c6ccccc6Oc6ccccc65)cc4)c4oc5ccccc5c43)cc2)c2ccccc21. The van der Waals surface area contributed by atoms with Crippen LogP contribution in [0.1, 0.15) is 49.9 Å². The van der Waals surface area contributed by atoms with E-state index in [0.29, 0.717) is 0 Å². The highest BCUT2D eigenvalue weighted by Crippen LogP contribution is 2.55. The summed E-state index contributed by atoms with van der Waals surface area (Å²) in [5.41, 5.74) is 35.0. The average molecular weight is 1580 g/mol. The van der Waals surface area contributed by atoms with E-state index in [0.717, 1.165) is 167 Å². The van der Waals surface area contributed by atoms with Crippen molar-refractivity contribution in [2.75, 3.05) is 19.6 Å². The number of rotatable bonds is 10. The predicted molar refractivity (Wildman–Crippen MR) is 512 cm³/mol. The largest absolute Gasteiger partial charge is 0.471 e. The van der Waals surface area contributed by atoms with E-state index < -0.39 is 0 Å². The molecule has 25 rings (SSSR count). The molecule has 5 aliphatic rings. The van der Waals surface area contributed by atoms with Crippen LogP contribution in [0.3, 0.4) is 0 Å². The van der Waals surface area contributed by atoms with Crippen molar-refractivity contribution in [2.45, 2.75) is 38.5 Å². The van der Waals surface area contributed by atoms with Gasteiger partial charge in [0.1, 0.15) is 22.3 Å². The molecule has 16 aromatic carbocycles. The highest BCUT2D eigenvalue weighted by atomic mass is 16.5. The van der Waals surface area contributed by atoms with Gasteiger partial charge in [-0.15, -0.1) is 0 Å². The summed E-state index contributed by atoms with van der Waals surface area (Å²) < 4.78 is 34.6. The van der Waals surface area contributed by atoms with Crippen LogP contribution in [0.15, 0.2) is 418 Å². The minimum atomic E-state index is -0.199. The molecular weight excluding hydrogens is 1500 g/mol. The molecule has 0 atom stereocenters. The summed E-state index contributed by atoms with van der Waals surface area (Å²) in [6, 6.07) is 143. The van der Waals surface area contributed by atoms with Gasteiger partial charge in [0, 0.05) is 66.5 Å². The second kappa shape index (κ2) is 28.3. The van der Waals surface area contributed by atoms with Crippen molar-refractivity contribution in [3.05, 3.63) is 423 Å². The lowest BCUT2D eigenvalue weighted by molar-refractivity contribution is 0.477. The number of fused-ring (bicyclic) bond motifs is 18. The second-order valence-electron chi connectivity index (χ2n) is 34.0. The van der Waals surface area contributed by atoms with Gasteiger partial charge in [-0.2, -0.15) is 0 Å². The molecule has 0 radical (unpaired) electrons. The van der Waals surface area contributed by atoms with E-state index in [1.165, 1.54) is 45.0 Å². The molecule has 0 saturated heterocycles. The van der Waals surface area contributed by atoms with Gasteiger partial charge in [-0.25, -0.2) is 0 Å². The van der Waals surface area contributed by atoms with Gasteiger partial charge in [-0.3, -0.25) is 0 Å². The number of para-hydroxylation sites is 14. The van der Waals surface area contributed by atoms with E-state index in [1.807, 2.05) is 24.3 Å². The minimum absolute atomic E-state index is 0.123. The first kappa shape index (κ1) is 72.0. The molecule has 123 heavy (non-hydrogen) atoms. The molecule has 0 saturated carbocycles. The van der Waals surface area contributed by atoms with Gasteiger partial charge in [0.25, 0.3) is 26.9 Å². The maximum Gasteiger partial charge on any atom is 0.290 e. The van der Waals surface area contributed by atoms with Crippen molar-refractivity contribution in [2.24, 2.45) is 0 Å². The van der Waals surface area contributed by atoms with Gasteiger partial charge in [0.2, 0.25) is 0 Å². The van der Waals surface area contributed by atoms with E-state index in [9.17, 15) is 0 Å². The Hall–Kier alpha value is -15.1. The quantitative estimate of drug-likeness (QED) is 0.124. The van der Waals surface area contributed by atoms with Gasteiger partial charge in [0.15, 0.2) is 11.5 Å². The van der Waals surface area contributed by atoms with E-state index >= 15 is 0 Å². The second-order valence-corrected chi connectivity index (χ2v) is 34.0. The molecule has 5 aliphatic heterocycles. The fourth-order valence-electron chi connectivity index (χ4n) is 20.9. The lowest BCUT2D eigenvalue weighted by Crippen LogP contribution is -2.73. The molecule has 13 heteroatoms. The first-order valence-electron chi connectivity index (χ1n) is 42.6. The van der Waals surface area contributed by atoms with Gasteiger partial charge in [-0.1, -0.05) is 304 Å². The van der Waals surface area contributed by atoms with Crippen LogP contribution in [0.2, 0.25) is 0 Å². The zero-order chi connectivity index (χ0) is 81.8. The van der Waals surface area contributed by atoms with Crippen molar-refractivity contribution < 1.29 is 22.4 Å². The Bertz CT molecular complexity index is 7350. The van der Waals surface area contributed by atoms with Crippen LogP contribution in [0, 0.1) is 0 Å². The third-order valence-electron chi connectivity index (χ3n) is 26.5. The fourth-order valence-corrected chi connectivity index (χ4v) is 20.9. The van der Waals surface area contributed by atoms with Gasteiger partial charge < -0.3 is 42.0 Å². The minimum Gasteiger partial charge on any atom is -0.471 e. The van der Waals surface area contributed by atoms with Gasteiger partial charge in [0.05, 0.1) is 56.8 Å². The van der Waals surface area contributed by atoms with Crippen LogP contribution >= 0.6 is 0 Å². The molecule has 9 nitrogen and oxygen atoms in total. The Morgan fingerprint density at radius 2 is 0.447 bits per heavy atom. The zero-order valence-electron chi connectivity index (χ0n) is 68.2. The maximum absolute atomic E-state index is 7.07. The number of benzene rings is 16. The molecule has 0 fully saturated rings. The van der Waals surface area contributed by atoms with E-state index in [1.54, 1.807) is 0 Å². The Morgan fingerprint density at radius 3 is 0.748 bits per heavy atom. The van der Waals surface area contributed by atoms with Crippen molar-refractivity contribution in [3.63, 3.8) is 0 Å². The summed E-state index contributed by atoms with van der Waals surface area (Å²) in [7, 11) is 0. The van der Waals surface area contributed by atoms with E-state index in [4.69, 9.17) is 22.4 Å². The number of hydrogen-bond donors (Lipinski definition) is 0. The first-order chi connectivity index (χ1) is 60.6. The summed E-state index contributed by atoms with van der Waals surface area (Å²) >= 11 is 0. The van der Waals surface area contributed by atoms with Crippen LogP contribution in [-0.4, -0.2) is 26.9 Å². The molecule has 0 spiro atoms. The normalized spacial score (nSPS) is 14.1. The molecule has 0 bridgehead atoms. The molecule has 9 heterocycles. The highest BCUT2D eigenvalue weighted by molar-refractivity contribution is 7.13. The topological polar surface area (TPSA) is 74.8 Å². The molecule has 0 aliphatic carbocycles. The standard InChI is InChI=1S/C55H38B2N2O3.C55H40B2N2O2/c1-55(2)41-17-5-7-19-43(41)58(44-20-8-6-18-42(44)55)37-31-27-35(28-32-37)56-51-39-15-3-11-23-47(39)62-54(51)57(52-40-16-4-12-24-48(40)61-53(52)56)36-29-33-38(34-30-36)59-45-21-9-13-25-49(45)60-50-26-14-10-22-46(50)59;1-55(2)45-23-11-13-25-47(45)59(48-26-14-12-24-46(48)55)42-35-31-38(32-36-42)57-52-44-22-10-16-28-50(44)60-53(52)56(51-43-21-9-15-27-49(43)61-54(51)57)37-29-33-41(34-30-37)58(39-17-5-3-6-18-39)40-19-7-4-8-20-40/h3-34H,1-2H3;3-36H,1-2H3. The summed E-state index contributed by atoms with van der Waals surface area (Å²) in [5.74, 6) is 1.66. The van der Waals surface area contributed by atoms with Crippen LogP contribution in [0.4, 0.5) is 68.2 Å². The molecule has 20 aromatic rings. The smallest absolute Gasteiger partial charge is 0.290 e. The van der Waals surface area contributed by atoms with Crippen LogP contribution in [-0.2, 0) is 10.8 Å². The third-order valence-corrected chi connectivity index (χ3v) is 26.5. The highest BCUT2D eigenvalue weighted by Gasteiger charge is 2.50. The van der Waals surface area contributed by atoms with Crippen molar-refractivity contribution in [1.29, 1.82) is 0 Å². The Balaban J connectivity index is 0.000000139. The molecule has 4 aromatic heterocycles. The van der Waals surface area contributed by atoms with Gasteiger partial charge >= 0.3 is 0 Å². The fraction of sp³-hybridized carbons (Fsp3) is 0.0545.